The molecular formula is C21H37NO11. The molecule has 12 heteroatoms. The van der Waals surface area contributed by atoms with Crippen LogP contribution in [0.2, 0.25) is 0 Å². The molecule has 3 saturated heterocycles. The first kappa shape index (κ1) is 26.7. The van der Waals surface area contributed by atoms with Gasteiger partial charge in [0.15, 0.2) is 18.4 Å². The molecule has 0 saturated carbocycles. The molecular weight excluding hydrogens is 442 g/mol. The average molecular weight is 480 g/mol. The van der Waals surface area contributed by atoms with Crippen molar-refractivity contribution in [1.82, 2.24) is 5.32 Å². The number of unbranched alkanes of at least 4 members (excludes halogenated alkanes) is 1. The van der Waals surface area contributed by atoms with Gasteiger partial charge in [-0.05, 0) is 20.3 Å². The zero-order valence-corrected chi connectivity index (χ0v) is 19.5. The first-order valence-corrected chi connectivity index (χ1v) is 11.4. The van der Waals surface area contributed by atoms with E-state index in [0.717, 1.165) is 12.8 Å². The van der Waals surface area contributed by atoms with Gasteiger partial charge in [-0.2, -0.15) is 0 Å². The largest absolute Gasteiger partial charge is 0.394 e. The zero-order valence-electron chi connectivity index (χ0n) is 19.5. The normalized spacial score (nSPS) is 41.0. The quantitative estimate of drug-likeness (QED) is 0.228. The number of amides is 1. The number of ether oxygens (including phenoxy) is 6. The summed E-state index contributed by atoms with van der Waals surface area (Å²) < 4.78 is 34.8. The van der Waals surface area contributed by atoms with Crippen molar-refractivity contribution in [3.8, 4) is 0 Å². The highest BCUT2D eigenvalue weighted by molar-refractivity contribution is 5.73. The molecule has 0 aromatic carbocycles. The number of fused-ring (bicyclic) bond motifs is 1. The van der Waals surface area contributed by atoms with Gasteiger partial charge < -0.3 is 54.2 Å². The Bertz CT molecular complexity index is 650. The molecule has 5 N–H and O–H groups in total. The number of hydrogen-bond donors (Lipinski definition) is 5. The molecule has 3 rings (SSSR count). The van der Waals surface area contributed by atoms with Gasteiger partial charge in [0.25, 0.3) is 0 Å². The van der Waals surface area contributed by atoms with Crippen LogP contribution < -0.4 is 5.32 Å². The Morgan fingerprint density at radius 2 is 1.88 bits per heavy atom. The highest BCUT2D eigenvalue weighted by Gasteiger charge is 2.57. The average Bonchev–Trinajstić information content (AvgIpc) is 3.22. The van der Waals surface area contributed by atoms with Crippen LogP contribution in [-0.4, -0.2) is 113 Å². The molecule has 10 atom stereocenters. The van der Waals surface area contributed by atoms with Crippen LogP contribution in [-0.2, 0) is 33.2 Å². The second-order valence-electron chi connectivity index (χ2n) is 9.09. The van der Waals surface area contributed by atoms with E-state index in [2.05, 4.69) is 5.32 Å². The number of aliphatic hydroxyl groups is 4. The highest BCUT2D eigenvalue weighted by Crippen LogP contribution is 2.40. The van der Waals surface area contributed by atoms with E-state index in [-0.39, 0.29) is 6.61 Å². The Morgan fingerprint density at radius 3 is 2.52 bits per heavy atom. The molecule has 0 aromatic heterocycles. The molecule has 3 aliphatic rings. The van der Waals surface area contributed by atoms with Crippen molar-refractivity contribution < 1.29 is 53.6 Å². The number of carbonyl (C=O) groups excluding carboxylic acids is 1. The van der Waals surface area contributed by atoms with Crippen molar-refractivity contribution in [3.63, 3.8) is 0 Å². The van der Waals surface area contributed by atoms with Gasteiger partial charge in [-0.3, -0.25) is 4.79 Å². The van der Waals surface area contributed by atoms with E-state index in [1.165, 1.54) is 6.92 Å². The fourth-order valence-corrected chi connectivity index (χ4v) is 4.27. The van der Waals surface area contributed by atoms with Crippen LogP contribution in [0.5, 0.6) is 0 Å². The molecule has 0 bridgehead atoms. The van der Waals surface area contributed by atoms with Gasteiger partial charge in [0.1, 0.15) is 48.8 Å². The standard InChI is InChI=1S/C21H37NO11/c1-5-6-7-28-17-16(31-20-18(17)32-21(3,4)33-20)11(25)9-29-19-13(22-10(2)24)15(27)14(26)12(8-23)30-19/h11-20,23,25-27H,5-9H2,1-4H3,(H,22,24)/t11-,12-,13+,14+,15-,16+,17-,18-,19-,20+/m1/s1. The number of rotatable bonds is 10. The van der Waals surface area contributed by atoms with Crippen molar-refractivity contribution >= 4 is 5.91 Å². The second kappa shape index (κ2) is 11.2. The summed E-state index contributed by atoms with van der Waals surface area (Å²) in [6, 6.07) is -1.11. The van der Waals surface area contributed by atoms with E-state index in [9.17, 15) is 25.2 Å². The van der Waals surface area contributed by atoms with Crippen LogP contribution in [0.15, 0.2) is 0 Å². The van der Waals surface area contributed by atoms with Gasteiger partial charge in [0.05, 0.1) is 13.2 Å². The third-order valence-electron chi connectivity index (χ3n) is 5.90. The number of hydrogen-bond acceptors (Lipinski definition) is 11. The topological polar surface area (TPSA) is 165 Å². The predicted molar refractivity (Wildman–Crippen MR) is 111 cm³/mol. The van der Waals surface area contributed by atoms with Crippen LogP contribution in [0.3, 0.4) is 0 Å². The first-order chi connectivity index (χ1) is 15.6. The van der Waals surface area contributed by atoms with Gasteiger partial charge in [0, 0.05) is 13.5 Å². The van der Waals surface area contributed by atoms with Crippen molar-refractivity contribution in [2.75, 3.05) is 19.8 Å². The lowest BCUT2D eigenvalue weighted by Crippen LogP contribution is -2.64. The lowest BCUT2D eigenvalue weighted by atomic mass is 9.97. The molecule has 0 aliphatic carbocycles. The smallest absolute Gasteiger partial charge is 0.217 e. The third-order valence-corrected chi connectivity index (χ3v) is 5.90. The van der Waals surface area contributed by atoms with Gasteiger partial charge in [-0.1, -0.05) is 13.3 Å². The molecule has 33 heavy (non-hydrogen) atoms. The third kappa shape index (κ3) is 6.20. The second-order valence-corrected chi connectivity index (χ2v) is 9.09. The number of aliphatic hydroxyl groups excluding tert-OH is 4. The SMILES string of the molecule is CCCCO[C@@H]1[C@H]([C@H](O)CO[C@@H]2O[C@H](CO)[C@H](O)[C@H](O)[C@@H]2NC(C)=O)O[C@H]2OC(C)(C)O[C@@H]21. The summed E-state index contributed by atoms with van der Waals surface area (Å²) in [5, 5.41) is 43.3. The van der Waals surface area contributed by atoms with E-state index in [4.69, 9.17) is 28.4 Å². The van der Waals surface area contributed by atoms with Crippen LogP contribution >= 0.6 is 0 Å². The first-order valence-electron chi connectivity index (χ1n) is 11.4. The zero-order chi connectivity index (χ0) is 24.3. The molecule has 3 heterocycles. The maximum atomic E-state index is 11.6. The minimum absolute atomic E-state index is 0.303. The molecule has 1 amide bonds. The van der Waals surface area contributed by atoms with Crippen LogP contribution in [0.1, 0.15) is 40.5 Å². The summed E-state index contributed by atoms with van der Waals surface area (Å²) in [4.78, 5) is 11.6. The van der Waals surface area contributed by atoms with Gasteiger partial charge >= 0.3 is 0 Å². The number of carbonyl (C=O) groups is 1. The maximum Gasteiger partial charge on any atom is 0.217 e. The van der Waals surface area contributed by atoms with Gasteiger partial charge in [0.2, 0.25) is 5.91 Å². The minimum atomic E-state index is -1.45. The Labute approximate surface area is 193 Å². The minimum Gasteiger partial charge on any atom is -0.394 e. The van der Waals surface area contributed by atoms with E-state index < -0.39 is 79.7 Å². The number of nitrogens with one attached hydrogen (secondary N) is 1. The summed E-state index contributed by atoms with van der Waals surface area (Å²) in [7, 11) is 0. The Balaban J connectivity index is 1.65. The van der Waals surface area contributed by atoms with Crippen LogP contribution in [0.25, 0.3) is 0 Å². The maximum absolute atomic E-state index is 11.6. The Kier molecular flexibility index (Phi) is 9.06. The van der Waals surface area contributed by atoms with E-state index in [1.807, 2.05) is 6.92 Å². The molecule has 192 valence electrons. The van der Waals surface area contributed by atoms with Crippen molar-refractivity contribution in [1.29, 1.82) is 0 Å². The van der Waals surface area contributed by atoms with E-state index in [0.29, 0.717) is 6.61 Å². The summed E-state index contributed by atoms with van der Waals surface area (Å²) in [5.41, 5.74) is 0. The molecule has 0 aromatic rings. The fourth-order valence-electron chi connectivity index (χ4n) is 4.27. The van der Waals surface area contributed by atoms with Crippen molar-refractivity contribution in [2.45, 2.75) is 108 Å². The van der Waals surface area contributed by atoms with Crippen molar-refractivity contribution in [3.05, 3.63) is 0 Å². The van der Waals surface area contributed by atoms with Gasteiger partial charge in [-0.15, -0.1) is 0 Å². The summed E-state index contributed by atoms with van der Waals surface area (Å²) in [6.45, 7) is 6.41. The molecule has 0 radical (unpaired) electrons. The highest BCUT2D eigenvalue weighted by atomic mass is 16.8. The monoisotopic (exact) mass is 479 g/mol. The fraction of sp³-hybridized carbons (Fsp3) is 0.952. The van der Waals surface area contributed by atoms with Gasteiger partial charge in [-0.25, -0.2) is 0 Å². The Morgan fingerprint density at radius 1 is 1.15 bits per heavy atom. The Hall–Kier alpha value is -0.930. The van der Waals surface area contributed by atoms with Crippen molar-refractivity contribution in [2.24, 2.45) is 0 Å². The summed E-state index contributed by atoms with van der Waals surface area (Å²) in [5.74, 6) is -1.31. The summed E-state index contributed by atoms with van der Waals surface area (Å²) >= 11 is 0. The van der Waals surface area contributed by atoms with E-state index in [1.54, 1.807) is 13.8 Å². The molecule has 12 nitrogen and oxygen atoms in total. The lowest BCUT2D eigenvalue weighted by Gasteiger charge is -2.42. The predicted octanol–water partition coefficient (Wildman–Crippen LogP) is -1.63. The van der Waals surface area contributed by atoms with Crippen LogP contribution in [0, 0.1) is 0 Å². The molecule has 3 aliphatic heterocycles. The molecule has 0 spiro atoms. The van der Waals surface area contributed by atoms with Crippen LogP contribution in [0.4, 0.5) is 0 Å². The van der Waals surface area contributed by atoms with E-state index >= 15 is 0 Å². The lowest BCUT2D eigenvalue weighted by molar-refractivity contribution is -0.280. The molecule has 3 fully saturated rings. The molecule has 0 unspecified atom stereocenters. The summed E-state index contributed by atoms with van der Waals surface area (Å²) in [6.07, 6.45) is -7.30.